The number of amides is 2. The molecule has 0 aromatic carbocycles. The molecule has 2 aromatic heterocycles. The van der Waals surface area contributed by atoms with Gasteiger partial charge in [0.25, 0.3) is 0 Å². The number of hydrogen-bond acceptors (Lipinski definition) is 4. The molecule has 3 heterocycles. The summed E-state index contributed by atoms with van der Waals surface area (Å²) in [6.45, 7) is 0.673. The van der Waals surface area contributed by atoms with Gasteiger partial charge in [-0.05, 0) is 30.7 Å². The number of carbonyl (C=O) groups excluding carboxylic acids is 2. The second kappa shape index (κ2) is 9.55. The van der Waals surface area contributed by atoms with E-state index in [4.69, 9.17) is 0 Å². The number of halogens is 7. The first kappa shape index (κ1) is 25.4. The van der Waals surface area contributed by atoms with Gasteiger partial charge in [-0.15, -0.1) is 0 Å². The zero-order valence-electron chi connectivity index (χ0n) is 17.7. The number of urea groups is 1. The van der Waals surface area contributed by atoms with Gasteiger partial charge in [-0.1, -0.05) is 6.92 Å². The quantitative estimate of drug-likeness (QED) is 0.527. The van der Waals surface area contributed by atoms with Gasteiger partial charge in [0.15, 0.2) is 5.78 Å². The predicted octanol–water partition coefficient (Wildman–Crippen LogP) is 4.68. The molecular weight excluding hydrogens is 473 g/mol. The Bertz CT molecular complexity index is 1040. The second-order valence-corrected chi connectivity index (χ2v) is 7.66. The minimum Gasteiger partial charge on any atom is -0.309 e. The van der Waals surface area contributed by atoms with Crippen molar-refractivity contribution in [3.8, 4) is 0 Å². The van der Waals surface area contributed by atoms with Gasteiger partial charge < -0.3 is 4.90 Å². The molecule has 6 nitrogen and oxygen atoms in total. The Balaban J connectivity index is 1.78. The van der Waals surface area contributed by atoms with Crippen LogP contribution in [0.1, 0.15) is 30.3 Å². The Morgan fingerprint density at radius 3 is 2.38 bits per heavy atom. The minimum atomic E-state index is -4.68. The smallest absolute Gasteiger partial charge is 0.309 e. The van der Waals surface area contributed by atoms with Gasteiger partial charge in [0.2, 0.25) is 0 Å². The van der Waals surface area contributed by atoms with Crippen LogP contribution in [0.5, 0.6) is 0 Å². The average molecular weight is 492 g/mol. The first-order chi connectivity index (χ1) is 15.8. The SMILES string of the molecule is CC[C@H](F)[C@H]1CN(c2ccc(C(F)(F)F)nc2)C(=O)N1CC(=O)Cc1cc(C(F)(F)F)ccn1. The molecule has 34 heavy (non-hydrogen) atoms. The van der Waals surface area contributed by atoms with Crippen LogP contribution in [0, 0.1) is 0 Å². The molecule has 184 valence electrons. The van der Waals surface area contributed by atoms with E-state index >= 15 is 0 Å². The first-order valence-corrected chi connectivity index (χ1v) is 10.1. The summed E-state index contributed by atoms with van der Waals surface area (Å²) in [6.07, 6.45) is -9.65. The number of nitrogens with zero attached hydrogens (tertiary/aromatic N) is 4. The summed E-state index contributed by atoms with van der Waals surface area (Å²) in [5.74, 6) is -0.680. The van der Waals surface area contributed by atoms with Crippen LogP contribution in [0.15, 0.2) is 36.7 Å². The number of Topliss-reactive ketones (excluding diaryl/α,β-unsaturated/α-hetero) is 1. The highest BCUT2D eigenvalue weighted by molar-refractivity contribution is 5.97. The van der Waals surface area contributed by atoms with Crippen LogP contribution in [0.3, 0.4) is 0 Å². The fourth-order valence-corrected chi connectivity index (χ4v) is 3.56. The van der Waals surface area contributed by atoms with Crippen LogP contribution in [-0.4, -0.2) is 52.0 Å². The lowest BCUT2D eigenvalue weighted by Crippen LogP contribution is -2.43. The van der Waals surface area contributed by atoms with E-state index < -0.39 is 60.6 Å². The third-order valence-corrected chi connectivity index (χ3v) is 5.27. The maximum absolute atomic E-state index is 14.6. The summed E-state index contributed by atoms with van der Waals surface area (Å²) in [5.41, 5.74) is -2.34. The van der Waals surface area contributed by atoms with Crippen molar-refractivity contribution in [1.29, 1.82) is 0 Å². The Kier molecular flexibility index (Phi) is 7.13. The molecule has 2 amide bonds. The number of carbonyl (C=O) groups is 2. The number of anilines is 1. The maximum atomic E-state index is 14.6. The van der Waals surface area contributed by atoms with E-state index in [1.807, 2.05) is 0 Å². The number of ketones is 1. The number of rotatable bonds is 7. The third kappa shape index (κ3) is 5.62. The first-order valence-electron chi connectivity index (χ1n) is 10.1. The third-order valence-electron chi connectivity index (χ3n) is 5.27. The van der Waals surface area contributed by atoms with Crippen molar-refractivity contribution < 1.29 is 40.3 Å². The number of pyridine rings is 2. The highest BCUT2D eigenvalue weighted by Gasteiger charge is 2.43. The van der Waals surface area contributed by atoms with E-state index in [1.165, 1.54) is 6.92 Å². The van der Waals surface area contributed by atoms with Crippen molar-refractivity contribution in [2.75, 3.05) is 18.0 Å². The lowest BCUT2D eigenvalue weighted by Gasteiger charge is -2.24. The van der Waals surface area contributed by atoms with Gasteiger partial charge in [-0.2, -0.15) is 26.3 Å². The van der Waals surface area contributed by atoms with Gasteiger partial charge in [-0.25, -0.2) is 14.2 Å². The monoisotopic (exact) mass is 492 g/mol. The molecule has 1 fully saturated rings. The fraction of sp³-hybridized carbons (Fsp3) is 0.429. The van der Waals surface area contributed by atoms with Crippen LogP contribution in [0.2, 0.25) is 0 Å². The molecule has 1 saturated heterocycles. The van der Waals surface area contributed by atoms with Crippen molar-refractivity contribution in [2.24, 2.45) is 0 Å². The highest BCUT2D eigenvalue weighted by Crippen LogP contribution is 2.32. The Morgan fingerprint density at radius 1 is 1.12 bits per heavy atom. The lowest BCUT2D eigenvalue weighted by molar-refractivity contribution is -0.141. The van der Waals surface area contributed by atoms with E-state index in [2.05, 4.69) is 9.97 Å². The van der Waals surface area contributed by atoms with Gasteiger partial charge in [0.1, 0.15) is 11.9 Å². The molecule has 2 atom stereocenters. The number of alkyl halides is 7. The van der Waals surface area contributed by atoms with Gasteiger partial charge >= 0.3 is 18.4 Å². The number of aromatic nitrogens is 2. The summed E-state index contributed by atoms with van der Waals surface area (Å²) in [7, 11) is 0. The van der Waals surface area contributed by atoms with Gasteiger partial charge in [0, 0.05) is 11.9 Å². The second-order valence-electron chi connectivity index (χ2n) is 7.66. The molecule has 0 radical (unpaired) electrons. The molecule has 0 aliphatic carbocycles. The topological polar surface area (TPSA) is 66.4 Å². The molecule has 0 unspecified atom stereocenters. The largest absolute Gasteiger partial charge is 0.433 e. The molecule has 0 spiro atoms. The van der Waals surface area contributed by atoms with Gasteiger partial charge in [-0.3, -0.25) is 14.7 Å². The fourth-order valence-electron chi connectivity index (χ4n) is 3.56. The molecule has 0 N–H and O–H groups in total. The standard InChI is InChI=1S/C21H19F7N4O2/c1-2-16(22)17-11-31(14-3-4-18(30-9-14)21(26,27)28)19(34)32(17)10-15(33)8-13-7-12(5-6-29-13)20(23,24)25/h3-7,9,16-17H,2,8,10-11H2,1H3/t16-,17+/m0/s1. The van der Waals surface area contributed by atoms with E-state index in [-0.39, 0.29) is 24.3 Å². The van der Waals surface area contributed by atoms with Crippen LogP contribution < -0.4 is 4.90 Å². The normalized spacial score (nSPS) is 17.9. The molecule has 2 aromatic rings. The van der Waals surface area contributed by atoms with E-state index in [1.54, 1.807) is 0 Å². The Labute approximate surface area is 189 Å². The Morgan fingerprint density at radius 2 is 1.82 bits per heavy atom. The number of hydrogen-bond donors (Lipinski definition) is 0. The van der Waals surface area contributed by atoms with Crippen molar-refractivity contribution in [2.45, 2.75) is 44.3 Å². The summed E-state index contributed by atoms with van der Waals surface area (Å²) in [5, 5.41) is 0. The average Bonchev–Trinajstić information content (AvgIpc) is 3.08. The molecular formula is C21H19F7N4O2. The van der Waals surface area contributed by atoms with Crippen LogP contribution in [0.4, 0.5) is 41.2 Å². The van der Waals surface area contributed by atoms with Crippen LogP contribution in [0.25, 0.3) is 0 Å². The Hall–Kier alpha value is -3.25. The lowest BCUT2D eigenvalue weighted by atomic mass is 10.1. The van der Waals surface area contributed by atoms with Crippen molar-refractivity contribution >= 4 is 17.5 Å². The molecule has 0 saturated carbocycles. The molecule has 1 aliphatic rings. The summed E-state index contributed by atoms with van der Waals surface area (Å²) in [4.78, 5) is 34.4. The zero-order valence-corrected chi connectivity index (χ0v) is 17.7. The van der Waals surface area contributed by atoms with Crippen LogP contribution >= 0.6 is 0 Å². The van der Waals surface area contributed by atoms with E-state index in [9.17, 15) is 40.3 Å². The van der Waals surface area contributed by atoms with E-state index in [0.717, 1.165) is 34.3 Å². The summed E-state index contributed by atoms with van der Waals surface area (Å²) < 4.78 is 91.5. The van der Waals surface area contributed by atoms with Crippen molar-refractivity contribution in [1.82, 2.24) is 14.9 Å². The molecule has 13 heteroatoms. The molecule has 1 aliphatic heterocycles. The maximum Gasteiger partial charge on any atom is 0.433 e. The minimum absolute atomic E-state index is 0.00305. The van der Waals surface area contributed by atoms with E-state index in [0.29, 0.717) is 12.1 Å². The molecule has 3 rings (SSSR count). The van der Waals surface area contributed by atoms with Crippen molar-refractivity contribution in [3.63, 3.8) is 0 Å². The zero-order chi connectivity index (χ0) is 25.3. The molecule has 0 bridgehead atoms. The summed E-state index contributed by atoms with van der Waals surface area (Å²) >= 11 is 0. The highest BCUT2D eigenvalue weighted by atomic mass is 19.4. The predicted molar refractivity (Wildman–Crippen MR) is 106 cm³/mol. The van der Waals surface area contributed by atoms with Crippen molar-refractivity contribution in [3.05, 3.63) is 53.6 Å². The summed E-state index contributed by atoms with van der Waals surface area (Å²) in [6, 6.07) is 1.25. The van der Waals surface area contributed by atoms with Crippen LogP contribution in [-0.2, 0) is 23.6 Å². The van der Waals surface area contributed by atoms with Gasteiger partial charge in [0.05, 0.1) is 43.0 Å².